The van der Waals surface area contributed by atoms with Crippen molar-refractivity contribution in [1.82, 2.24) is 0 Å². The molecule has 150 valence electrons. The summed E-state index contributed by atoms with van der Waals surface area (Å²) in [6.45, 7) is 0.0875. The highest BCUT2D eigenvalue weighted by Crippen LogP contribution is 2.35. The number of hydrogen-bond acceptors (Lipinski definition) is 4. The first-order chi connectivity index (χ1) is 14.4. The van der Waals surface area contributed by atoms with E-state index < -0.39 is 11.7 Å². The largest absolute Gasteiger partial charge is 0.489 e. The fourth-order valence-electron chi connectivity index (χ4n) is 2.59. The quantitative estimate of drug-likeness (QED) is 0.532. The molecule has 0 N–H and O–H groups in total. The van der Waals surface area contributed by atoms with Gasteiger partial charge in [-0.15, -0.1) is 0 Å². The Bertz CT molecular complexity index is 1010. The van der Waals surface area contributed by atoms with E-state index in [1.807, 2.05) is 12.1 Å². The van der Waals surface area contributed by atoms with Gasteiger partial charge in [-0.05, 0) is 47.5 Å². The van der Waals surface area contributed by atoms with E-state index in [1.165, 1.54) is 6.07 Å². The summed E-state index contributed by atoms with van der Waals surface area (Å²) in [5, 5.41) is 17.6. The number of nitrogens with zero attached hydrogens (tertiary/aromatic N) is 2. The third kappa shape index (κ3) is 5.52. The van der Waals surface area contributed by atoms with Crippen molar-refractivity contribution in [1.29, 1.82) is 10.5 Å². The van der Waals surface area contributed by atoms with Crippen LogP contribution in [0.5, 0.6) is 11.5 Å². The predicted octanol–water partition coefficient (Wildman–Crippen LogP) is 5.61. The molecule has 0 bridgehead atoms. The maximum absolute atomic E-state index is 13.3. The molecule has 0 unspecified atom stereocenters. The van der Waals surface area contributed by atoms with Crippen molar-refractivity contribution < 1.29 is 22.6 Å². The average molecular weight is 408 g/mol. The standard InChI is InChI=1S/C23H15F3N2O2/c24-23(25,26)20-9-21(29-14-18-5-1-16(12-27)2-6-18)11-22(10-20)30-15-19-7-3-17(13-28)4-8-19/h1-11H,14-15H2. The fraction of sp³-hybridized carbons (Fsp3) is 0.130. The van der Waals surface area contributed by atoms with Crippen molar-refractivity contribution in [3.63, 3.8) is 0 Å². The maximum atomic E-state index is 13.3. The van der Waals surface area contributed by atoms with Gasteiger partial charge in [0.15, 0.2) is 0 Å². The molecule has 30 heavy (non-hydrogen) atoms. The second-order valence-corrected chi connectivity index (χ2v) is 6.39. The Morgan fingerprint density at radius 2 is 1.07 bits per heavy atom. The van der Waals surface area contributed by atoms with E-state index >= 15 is 0 Å². The van der Waals surface area contributed by atoms with Gasteiger partial charge < -0.3 is 9.47 Å². The summed E-state index contributed by atoms with van der Waals surface area (Å²) in [6.07, 6.45) is -4.56. The molecule has 3 aromatic rings. The summed E-state index contributed by atoms with van der Waals surface area (Å²) in [6, 6.07) is 20.3. The van der Waals surface area contributed by atoms with Crippen LogP contribution in [0.3, 0.4) is 0 Å². The van der Waals surface area contributed by atoms with Crippen LogP contribution in [-0.4, -0.2) is 0 Å². The van der Waals surface area contributed by atoms with E-state index in [2.05, 4.69) is 0 Å². The van der Waals surface area contributed by atoms with Gasteiger partial charge >= 0.3 is 6.18 Å². The van der Waals surface area contributed by atoms with E-state index in [0.717, 1.165) is 12.1 Å². The summed E-state index contributed by atoms with van der Waals surface area (Å²) in [7, 11) is 0. The molecule has 0 saturated heterocycles. The lowest BCUT2D eigenvalue weighted by atomic mass is 10.1. The maximum Gasteiger partial charge on any atom is 0.416 e. The summed E-state index contributed by atoms with van der Waals surface area (Å²) in [5.74, 6) is 0.0352. The van der Waals surface area contributed by atoms with Gasteiger partial charge in [0.25, 0.3) is 0 Å². The molecule has 0 heterocycles. The van der Waals surface area contributed by atoms with Crippen LogP contribution < -0.4 is 9.47 Å². The molecule has 0 radical (unpaired) electrons. The molecule has 0 atom stereocenters. The topological polar surface area (TPSA) is 66.0 Å². The number of halogens is 3. The molecule has 0 aromatic heterocycles. The van der Waals surface area contributed by atoms with Gasteiger partial charge in [-0.1, -0.05) is 24.3 Å². The Labute approximate surface area is 171 Å². The Morgan fingerprint density at radius 3 is 1.40 bits per heavy atom. The van der Waals surface area contributed by atoms with Gasteiger partial charge in [0, 0.05) is 6.07 Å². The molecule has 0 spiro atoms. The summed E-state index contributed by atoms with van der Waals surface area (Å²) < 4.78 is 50.9. The second-order valence-electron chi connectivity index (χ2n) is 6.39. The molecular weight excluding hydrogens is 393 g/mol. The van der Waals surface area contributed by atoms with Crippen molar-refractivity contribution >= 4 is 0 Å². The van der Waals surface area contributed by atoms with E-state index in [1.54, 1.807) is 48.5 Å². The number of nitriles is 2. The van der Waals surface area contributed by atoms with Crippen LogP contribution in [0, 0.1) is 22.7 Å². The average Bonchev–Trinajstić information content (AvgIpc) is 2.76. The van der Waals surface area contributed by atoms with Gasteiger partial charge in [-0.2, -0.15) is 23.7 Å². The van der Waals surface area contributed by atoms with Crippen LogP contribution >= 0.6 is 0 Å². The van der Waals surface area contributed by atoms with Gasteiger partial charge in [-0.25, -0.2) is 0 Å². The molecule has 3 aromatic carbocycles. The van der Waals surface area contributed by atoms with Crippen LogP contribution in [0.2, 0.25) is 0 Å². The summed E-state index contributed by atoms with van der Waals surface area (Å²) in [5.41, 5.74) is 1.51. The van der Waals surface area contributed by atoms with E-state index in [-0.39, 0.29) is 24.7 Å². The van der Waals surface area contributed by atoms with Crippen molar-refractivity contribution in [2.45, 2.75) is 19.4 Å². The zero-order valence-corrected chi connectivity index (χ0v) is 15.6. The molecular formula is C23H15F3N2O2. The molecule has 4 nitrogen and oxygen atoms in total. The van der Waals surface area contributed by atoms with Crippen molar-refractivity contribution in [3.8, 4) is 23.6 Å². The lowest BCUT2D eigenvalue weighted by Gasteiger charge is -2.14. The number of ether oxygens (including phenoxy) is 2. The molecule has 0 saturated carbocycles. The molecule has 0 aliphatic rings. The van der Waals surface area contributed by atoms with Crippen LogP contribution in [0.25, 0.3) is 0 Å². The highest BCUT2D eigenvalue weighted by atomic mass is 19.4. The highest BCUT2D eigenvalue weighted by molar-refractivity contribution is 5.40. The van der Waals surface area contributed by atoms with Gasteiger partial charge in [0.1, 0.15) is 24.7 Å². The zero-order valence-electron chi connectivity index (χ0n) is 15.6. The van der Waals surface area contributed by atoms with Crippen molar-refractivity contribution in [3.05, 3.63) is 94.5 Å². The zero-order chi connectivity index (χ0) is 21.6. The van der Waals surface area contributed by atoms with E-state index in [4.69, 9.17) is 20.0 Å². The minimum Gasteiger partial charge on any atom is -0.489 e. The van der Waals surface area contributed by atoms with Crippen LogP contribution in [0.4, 0.5) is 13.2 Å². The number of rotatable bonds is 6. The number of alkyl halides is 3. The van der Waals surface area contributed by atoms with E-state index in [0.29, 0.717) is 22.3 Å². The summed E-state index contributed by atoms with van der Waals surface area (Å²) >= 11 is 0. The minimum absolute atomic E-state index is 0.0176. The normalized spacial score (nSPS) is 10.7. The first-order valence-electron chi connectivity index (χ1n) is 8.83. The number of hydrogen-bond donors (Lipinski definition) is 0. The Kier molecular flexibility index (Phi) is 6.24. The van der Waals surface area contributed by atoms with Crippen LogP contribution in [0.1, 0.15) is 27.8 Å². The fourth-order valence-corrected chi connectivity index (χ4v) is 2.59. The predicted molar refractivity (Wildman–Crippen MR) is 102 cm³/mol. The smallest absolute Gasteiger partial charge is 0.416 e. The first kappa shape index (κ1) is 20.8. The third-order valence-corrected chi connectivity index (χ3v) is 4.18. The SMILES string of the molecule is N#Cc1ccc(COc2cc(OCc3ccc(C#N)cc3)cc(C(F)(F)F)c2)cc1. The van der Waals surface area contributed by atoms with E-state index in [9.17, 15) is 13.2 Å². The van der Waals surface area contributed by atoms with Crippen LogP contribution in [0.15, 0.2) is 66.7 Å². The molecule has 3 rings (SSSR count). The Balaban J connectivity index is 1.75. The van der Waals surface area contributed by atoms with Gasteiger partial charge in [-0.3, -0.25) is 0 Å². The minimum atomic E-state index is -4.56. The first-order valence-corrected chi connectivity index (χ1v) is 8.83. The van der Waals surface area contributed by atoms with Crippen molar-refractivity contribution in [2.75, 3.05) is 0 Å². The Morgan fingerprint density at radius 1 is 0.667 bits per heavy atom. The van der Waals surface area contributed by atoms with Crippen LogP contribution in [-0.2, 0) is 19.4 Å². The van der Waals surface area contributed by atoms with Gasteiger partial charge in [0.2, 0.25) is 0 Å². The molecule has 0 aliphatic heterocycles. The lowest BCUT2D eigenvalue weighted by molar-refractivity contribution is -0.137. The molecule has 7 heteroatoms. The number of benzene rings is 3. The highest BCUT2D eigenvalue weighted by Gasteiger charge is 2.31. The molecule has 0 fully saturated rings. The third-order valence-electron chi connectivity index (χ3n) is 4.18. The lowest BCUT2D eigenvalue weighted by Crippen LogP contribution is -2.07. The Hall–Kier alpha value is -3.97. The van der Waals surface area contributed by atoms with Crippen molar-refractivity contribution in [2.24, 2.45) is 0 Å². The molecule has 0 amide bonds. The monoisotopic (exact) mass is 408 g/mol. The molecule has 0 aliphatic carbocycles. The summed E-state index contributed by atoms with van der Waals surface area (Å²) in [4.78, 5) is 0. The second kappa shape index (κ2) is 9.02. The van der Waals surface area contributed by atoms with Gasteiger partial charge in [0.05, 0.1) is 28.8 Å².